The van der Waals surface area contributed by atoms with Crippen LogP contribution in [0, 0.1) is 0 Å². The van der Waals surface area contributed by atoms with Crippen LogP contribution in [0.3, 0.4) is 0 Å². The van der Waals surface area contributed by atoms with Gasteiger partial charge in [0.15, 0.2) is 0 Å². The Morgan fingerprint density at radius 2 is 1.84 bits per heavy atom. The molecular weight excluding hydrogens is 242 g/mol. The van der Waals surface area contributed by atoms with Crippen LogP contribution in [-0.2, 0) is 11.3 Å². The lowest BCUT2D eigenvalue weighted by Crippen LogP contribution is -2.11. The molecule has 0 atom stereocenters. The minimum Gasteiger partial charge on any atom is -0.491 e. The normalized spacial score (nSPS) is 10.8. The van der Waals surface area contributed by atoms with E-state index in [4.69, 9.17) is 20.3 Å². The fraction of sp³-hybridized carbons (Fsp3) is 0.333. The second-order valence-corrected chi connectivity index (χ2v) is 4.15. The molecule has 4 heteroatoms. The first-order chi connectivity index (χ1) is 9.36. The maximum atomic E-state index is 8.60. The van der Waals surface area contributed by atoms with Crippen LogP contribution in [0.4, 0.5) is 0 Å². The number of aliphatic hydroxyl groups is 1. The molecule has 0 saturated carbocycles. The van der Waals surface area contributed by atoms with Crippen LogP contribution in [0.5, 0.6) is 5.75 Å². The van der Waals surface area contributed by atoms with E-state index >= 15 is 0 Å². The fourth-order valence-electron chi connectivity index (χ4n) is 2.04. The van der Waals surface area contributed by atoms with E-state index in [1.165, 1.54) is 0 Å². The molecule has 0 unspecified atom stereocenters. The minimum atomic E-state index is 0.0318. The van der Waals surface area contributed by atoms with Crippen molar-refractivity contribution in [1.82, 2.24) is 0 Å². The molecule has 3 N–H and O–H groups in total. The second-order valence-electron chi connectivity index (χ2n) is 4.15. The zero-order valence-electron chi connectivity index (χ0n) is 10.8. The lowest BCUT2D eigenvalue weighted by atomic mass is 10.0. The lowest BCUT2D eigenvalue weighted by molar-refractivity contribution is 0.0703. The Kier molecular flexibility index (Phi) is 5.15. The first-order valence-corrected chi connectivity index (χ1v) is 6.39. The summed E-state index contributed by atoms with van der Waals surface area (Å²) < 4.78 is 10.9. The molecule has 2 aromatic carbocycles. The lowest BCUT2D eigenvalue weighted by Gasteiger charge is -2.13. The molecule has 2 rings (SSSR count). The molecule has 0 bridgehead atoms. The first-order valence-electron chi connectivity index (χ1n) is 6.39. The van der Waals surface area contributed by atoms with Gasteiger partial charge in [0.25, 0.3) is 0 Å². The largest absolute Gasteiger partial charge is 0.491 e. The number of ether oxygens (including phenoxy) is 2. The Morgan fingerprint density at radius 1 is 1.00 bits per heavy atom. The first kappa shape index (κ1) is 13.8. The summed E-state index contributed by atoms with van der Waals surface area (Å²) in [5.74, 6) is 0.800. The van der Waals surface area contributed by atoms with Gasteiger partial charge < -0.3 is 20.3 Å². The van der Waals surface area contributed by atoms with Gasteiger partial charge in [0.05, 0.1) is 19.8 Å². The van der Waals surface area contributed by atoms with Gasteiger partial charge in [-0.25, -0.2) is 0 Å². The smallest absolute Gasteiger partial charge is 0.124 e. The number of nitrogens with two attached hydrogens (primary N) is 1. The number of hydrogen-bond donors (Lipinski definition) is 2. The summed E-state index contributed by atoms with van der Waals surface area (Å²) in [6, 6.07) is 12.1. The molecule has 0 aliphatic carbocycles. The van der Waals surface area contributed by atoms with E-state index in [9.17, 15) is 0 Å². The van der Waals surface area contributed by atoms with Gasteiger partial charge in [-0.2, -0.15) is 0 Å². The fourth-order valence-corrected chi connectivity index (χ4v) is 2.04. The monoisotopic (exact) mass is 261 g/mol. The van der Waals surface area contributed by atoms with Crippen molar-refractivity contribution in [3.63, 3.8) is 0 Å². The van der Waals surface area contributed by atoms with Crippen LogP contribution >= 0.6 is 0 Å². The van der Waals surface area contributed by atoms with E-state index in [2.05, 4.69) is 6.07 Å². The van der Waals surface area contributed by atoms with Gasteiger partial charge in [-0.15, -0.1) is 0 Å². The van der Waals surface area contributed by atoms with Gasteiger partial charge in [-0.05, 0) is 16.8 Å². The summed E-state index contributed by atoms with van der Waals surface area (Å²) >= 11 is 0. The summed E-state index contributed by atoms with van der Waals surface area (Å²) in [7, 11) is 0. The van der Waals surface area contributed by atoms with Crippen molar-refractivity contribution >= 4 is 10.8 Å². The average Bonchev–Trinajstić information content (AvgIpc) is 2.46. The summed E-state index contributed by atoms with van der Waals surface area (Å²) in [5, 5.41) is 10.9. The maximum Gasteiger partial charge on any atom is 0.124 e. The third kappa shape index (κ3) is 3.44. The van der Waals surface area contributed by atoms with Gasteiger partial charge >= 0.3 is 0 Å². The SMILES string of the molecule is NCc1c(OCCOCCO)ccc2ccccc12. The zero-order valence-corrected chi connectivity index (χ0v) is 10.8. The van der Waals surface area contributed by atoms with Gasteiger partial charge in [-0.3, -0.25) is 0 Å². The van der Waals surface area contributed by atoms with Crippen molar-refractivity contribution in [1.29, 1.82) is 0 Å². The van der Waals surface area contributed by atoms with Crippen molar-refractivity contribution in [3.8, 4) is 5.75 Å². The number of fused-ring (bicyclic) bond motifs is 1. The highest BCUT2D eigenvalue weighted by atomic mass is 16.5. The molecule has 0 amide bonds. The Hall–Kier alpha value is -1.62. The molecule has 0 aromatic heterocycles. The molecule has 0 fully saturated rings. The third-order valence-electron chi connectivity index (χ3n) is 2.92. The van der Waals surface area contributed by atoms with Gasteiger partial charge in [0.1, 0.15) is 12.4 Å². The highest BCUT2D eigenvalue weighted by Gasteiger charge is 2.06. The predicted molar refractivity (Wildman–Crippen MR) is 75.2 cm³/mol. The van der Waals surface area contributed by atoms with Gasteiger partial charge in [-0.1, -0.05) is 30.3 Å². The highest BCUT2D eigenvalue weighted by Crippen LogP contribution is 2.27. The molecule has 0 aliphatic rings. The van der Waals surface area contributed by atoms with Gasteiger partial charge in [0, 0.05) is 12.1 Å². The van der Waals surface area contributed by atoms with Gasteiger partial charge in [0.2, 0.25) is 0 Å². The second kappa shape index (κ2) is 7.09. The minimum absolute atomic E-state index is 0.0318. The van der Waals surface area contributed by atoms with Crippen LogP contribution < -0.4 is 10.5 Å². The van der Waals surface area contributed by atoms with E-state index < -0.39 is 0 Å². The van der Waals surface area contributed by atoms with Crippen molar-refractivity contribution in [2.24, 2.45) is 5.73 Å². The topological polar surface area (TPSA) is 64.7 Å². The number of hydrogen-bond acceptors (Lipinski definition) is 4. The Balaban J connectivity index is 2.10. The van der Waals surface area contributed by atoms with Crippen LogP contribution in [0.15, 0.2) is 36.4 Å². The van der Waals surface area contributed by atoms with E-state index in [1.54, 1.807) is 0 Å². The highest BCUT2D eigenvalue weighted by molar-refractivity contribution is 5.87. The van der Waals surface area contributed by atoms with Crippen LogP contribution in [-0.4, -0.2) is 31.5 Å². The van der Waals surface area contributed by atoms with Crippen molar-refractivity contribution in [3.05, 3.63) is 42.0 Å². The van der Waals surface area contributed by atoms with Crippen LogP contribution in [0.2, 0.25) is 0 Å². The molecule has 0 saturated heterocycles. The molecule has 2 aromatic rings. The summed E-state index contributed by atoms with van der Waals surface area (Å²) in [6.07, 6.45) is 0. The molecule has 0 aliphatic heterocycles. The molecule has 4 nitrogen and oxygen atoms in total. The quantitative estimate of drug-likeness (QED) is 0.744. The van der Waals surface area contributed by atoms with E-state index in [-0.39, 0.29) is 6.61 Å². The molecule has 0 radical (unpaired) electrons. The van der Waals surface area contributed by atoms with E-state index in [0.717, 1.165) is 22.1 Å². The Labute approximate surface area is 112 Å². The van der Waals surface area contributed by atoms with Crippen molar-refractivity contribution < 1.29 is 14.6 Å². The molecule has 0 heterocycles. The summed E-state index contributed by atoms with van der Waals surface area (Å²) in [6.45, 7) is 1.71. The average molecular weight is 261 g/mol. The molecule has 102 valence electrons. The summed E-state index contributed by atoms with van der Waals surface area (Å²) in [5.41, 5.74) is 6.84. The van der Waals surface area contributed by atoms with Crippen LogP contribution in [0.1, 0.15) is 5.56 Å². The standard InChI is InChI=1S/C15H19NO3/c16-11-14-13-4-2-1-3-12(13)5-6-15(14)19-10-9-18-8-7-17/h1-6,17H,7-11,16H2. The molecule has 19 heavy (non-hydrogen) atoms. The van der Waals surface area contributed by atoms with Crippen molar-refractivity contribution in [2.75, 3.05) is 26.4 Å². The maximum absolute atomic E-state index is 8.60. The third-order valence-corrected chi connectivity index (χ3v) is 2.92. The number of benzene rings is 2. The Bertz CT molecular complexity index is 528. The summed E-state index contributed by atoms with van der Waals surface area (Å²) in [4.78, 5) is 0. The molecular formula is C15H19NO3. The van der Waals surface area contributed by atoms with E-state index in [0.29, 0.717) is 26.4 Å². The predicted octanol–water partition coefficient (Wildman–Crippen LogP) is 1.69. The number of aliphatic hydroxyl groups excluding tert-OH is 1. The van der Waals surface area contributed by atoms with Crippen LogP contribution in [0.25, 0.3) is 10.8 Å². The van der Waals surface area contributed by atoms with E-state index in [1.807, 2.05) is 30.3 Å². The Morgan fingerprint density at radius 3 is 2.63 bits per heavy atom. The van der Waals surface area contributed by atoms with Crippen molar-refractivity contribution in [2.45, 2.75) is 6.54 Å². The number of rotatable bonds is 7. The zero-order chi connectivity index (χ0) is 13.5. The molecule has 0 spiro atoms.